The summed E-state index contributed by atoms with van der Waals surface area (Å²) in [4.78, 5) is 0. The highest BCUT2D eigenvalue weighted by molar-refractivity contribution is 6.30. The van der Waals surface area contributed by atoms with Crippen LogP contribution in [0.3, 0.4) is 0 Å². The minimum atomic E-state index is 0.579. The first kappa shape index (κ1) is 11.3. The molecular formula is C10H15ClN2O. The molecule has 0 spiro atoms. The summed E-state index contributed by atoms with van der Waals surface area (Å²) in [7, 11) is 1.80. The van der Waals surface area contributed by atoms with Gasteiger partial charge in [0.05, 0.1) is 0 Å². The Balaban J connectivity index is 2.51. The number of ether oxygens (including phenoxy) is 1. The summed E-state index contributed by atoms with van der Waals surface area (Å²) in [6.45, 7) is 3.24. The molecule has 0 heterocycles. The maximum Gasteiger partial charge on any atom is 0.122 e. The summed E-state index contributed by atoms with van der Waals surface area (Å²) < 4.78 is 5.52. The molecule has 0 atom stereocenters. The number of hydrazine groups is 1. The number of hydrogen-bond acceptors (Lipinski definition) is 3. The van der Waals surface area contributed by atoms with Gasteiger partial charge in [-0.1, -0.05) is 11.6 Å². The Kier molecular flexibility index (Phi) is 4.20. The third-order valence-corrected chi connectivity index (χ3v) is 2.07. The van der Waals surface area contributed by atoms with Crippen LogP contribution in [0, 0.1) is 6.92 Å². The Morgan fingerprint density at radius 2 is 2.21 bits per heavy atom. The minimum Gasteiger partial charge on any atom is -0.492 e. The van der Waals surface area contributed by atoms with Crippen LogP contribution in [0.1, 0.15) is 5.56 Å². The van der Waals surface area contributed by atoms with E-state index in [-0.39, 0.29) is 0 Å². The fourth-order valence-corrected chi connectivity index (χ4v) is 1.30. The van der Waals surface area contributed by atoms with E-state index < -0.39 is 0 Å². The molecule has 0 unspecified atom stereocenters. The molecule has 0 aliphatic rings. The molecular weight excluding hydrogens is 200 g/mol. The fraction of sp³-hybridized carbons (Fsp3) is 0.400. The van der Waals surface area contributed by atoms with Crippen molar-refractivity contribution in [2.75, 3.05) is 20.2 Å². The second kappa shape index (κ2) is 5.20. The third kappa shape index (κ3) is 3.54. The number of nitrogens with zero attached hydrogens (tertiary/aromatic N) is 1. The Labute approximate surface area is 89.4 Å². The zero-order valence-electron chi connectivity index (χ0n) is 8.46. The van der Waals surface area contributed by atoms with Crippen LogP contribution < -0.4 is 10.6 Å². The van der Waals surface area contributed by atoms with Crippen LogP contribution in [-0.2, 0) is 0 Å². The van der Waals surface area contributed by atoms with E-state index in [0.717, 1.165) is 16.3 Å². The molecule has 1 aromatic rings. The summed E-state index contributed by atoms with van der Waals surface area (Å²) >= 11 is 5.82. The molecule has 0 saturated carbocycles. The monoisotopic (exact) mass is 214 g/mol. The maximum atomic E-state index is 5.82. The summed E-state index contributed by atoms with van der Waals surface area (Å²) in [6, 6.07) is 5.56. The molecule has 0 amide bonds. The molecule has 0 aliphatic carbocycles. The quantitative estimate of drug-likeness (QED) is 0.614. The predicted octanol–water partition coefficient (Wildman–Crippen LogP) is 1.83. The lowest BCUT2D eigenvalue weighted by Gasteiger charge is -2.12. The van der Waals surface area contributed by atoms with Crippen LogP contribution in [0.25, 0.3) is 0 Å². The van der Waals surface area contributed by atoms with Crippen molar-refractivity contribution in [2.24, 2.45) is 5.84 Å². The molecule has 1 rings (SSSR count). The first-order chi connectivity index (χ1) is 6.59. The lowest BCUT2D eigenvalue weighted by molar-refractivity contribution is 0.240. The van der Waals surface area contributed by atoms with Gasteiger partial charge in [0, 0.05) is 18.6 Å². The van der Waals surface area contributed by atoms with Gasteiger partial charge >= 0.3 is 0 Å². The van der Waals surface area contributed by atoms with Gasteiger partial charge < -0.3 is 4.74 Å². The van der Waals surface area contributed by atoms with Crippen molar-refractivity contribution in [3.8, 4) is 5.75 Å². The number of halogens is 1. The Hall–Kier alpha value is -0.770. The summed E-state index contributed by atoms with van der Waals surface area (Å²) in [5.41, 5.74) is 1.04. The molecule has 0 aromatic heterocycles. The van der Waals surface area contributed by atoms with Crippen LogP contribution in [0.15, 0.2) is 18.2 Å². The SMILES string of the molecule is Cc1cc(Cl)ccc1OCCN(C)N. The minimum absolute atomic E-state index is 0.579. The van der Waals surface area contributed by atoms with E-state index >= 15 is 0 Å². The highest BCUT2D eigenvalue weighted by Gasteiger charge is 2.00. The number of nitrogens with two attached hydrogens (primary N) is 1. The van der Waals surface area contributed by atoms with Crippen LogP contribution >= 0.6 is 11.6 Å². The highest BCUT2D eigenvalue weighted by Crippen LogP contribution is 2.21. The lowest BCUT2D eigenvalue weighted by atomic mass is 10.2. The molecule has 1 aromatic carbocycles. The fourth-order valence-electron chi connectivity index (χ4n) is 1.07. The van der Waals surface area contributed by atoms with E-state index in [2.05, 4.69) is 0 Å². The van der Waals surface area contributed by atoms with E-state index in [1.807, 2.05) is 25.1 Å². The zero-order chi connectivity index (χ0) is 10.6. The number of rotatable bonds is 4. The molecule has 3 nitrogen and oxygen atoms in total. The van der Waals surface area contributed by atoms with E-state index in [4.69, 9.17) is 22.2 Å². The number of benzene rings is 1. The molecule has 4 heteroatoms. The lowest BCUT2D eigenvalue weighted by Crippen LogP contribution is -2.30. The van der Waals surface area contributed by atoms with Gasteiger partial charge in [-0.2, -0.15) is 0 Å². The van der Waals surface area contributed by atoms with Crippen molar-refractivity contribution in [3.05, 3.63) is 28.8 Å². The molecule has 0 saturated heterocycles. The van der Waals surface area contributed by atoms with Gasteiger partial charge in [-0.05, 0) is 30.7 Å². The smallest absolute Gasteiger partial charge is 0.122 e. The standard InChI is InChI=1S/C10H15ClN2O/c1-8-7-9(11)3-4-10(8)14-6-5-13(2)12/h3-4,7H,5-6,12H2,1-2H3. The number of aryl methyl sites for hydroxylation is 1. The summed E-state index contributed by atoms with van der Waals surface area (Å²) in [6.07, 6.45) is 0. The number of likely N-dealkylation sites (N-methyl/N-ethyl adjacent to an activating group) is 1. The van der Waals surface area contributed by atoms with E-state index in [1.165, 1.54) is 0 Å². The van der Waals surface area contributed by atoms with Crippen LogP contribution in [-0.4, -0.2) is 25.2 Å². The predicted molar refractivity (Wildman–Crippen MR) is 58.5 cm³/mol. The van der Waals surface area contributed by atoms with Crippen molar-refractivity contribution in [2.45, 2.75) is 6.92 Å². The van der Waals surface area contributed by atoms with E-state index in [1.54, 1.807) is 12.1 Å². The van der Waals surface area contributed by atoms with Crippen LogP contribution in [0.2, 0.25) is 5.02 Å². The van der Waals surface area contributed by atoms with Crippen LogP contribution in [0.4, 0.5) is 0 Å². The number of hydrogen-bond donors (Lipinski definition) is 1. The van der Waals surface area contributed by atoms with Gasteiger partial charge in [0.1, 0.15) is 12.4 Å². The van der Waals surface area contributed by atoms with Gasteiger partial charge in [0.15, 0.2) is 0 Å². The zero-order valence-corrected chi connectivity index (χ0v) is 9.21. The third-order valence-electron chi connectivity index (χ3n) is 1.84. The molecule has 14 heavy (non-hydrogen) atoms. The molecule has 0 fully saturated rings. The maximum absolute atomic E-state index is 5.82. The molecule has 0 radical (unpaired) electrons. The van der Waals surface area contributed by atoms with Gasteiger partial charge in [-0.25, -0.2) is 5.01 Å². The van der Waals surface area contributed by atoms with Crippen molar-refractivity contribution >= 4 is 11.6 Å². The highest BCUT2D eigenvalue weighted by atomic mass is 35.5. The van der Waals surface area contributed by atoms with Crippen molar-refractivity contribution in [1.82, 2.24) is 5.01 Å². The molecule has 78 valence electrons. The average Bonchev–Trinajstić information content (AvgIpc) is 2.08. The first-order valence-corrected chi connectivity index (χ1v) is 4.82. The summed E-state index contributed by atoms with van der Waals surface area (Å²) in [5, 5.41) is 2.32. The molecule has 0 aliphatic heterocycles. The second-order valence-corrected chi connectivity index (χ2v) is 3.68. The molecule has 2 N–H and O–H groups in total. The van der Waals surface area contributed by atoms with Crippen molar-refractivity contribution in [1.29, 1.82) is 0 Å². The molecule has 0 bridgehead atoms. The normalized spacial score (nSPS) is 10.6. The first-order valence-electron chi connectivity index (χ1n) is 4.44. The topological polar surface area (TPSA) is 38.5 Å². The van der Waals surface area contributed by atoms with Crippen molar-refractivity contribution < 1.29 is 4.74 Å². The average molecular weight is 215 g/mol. The van der Waals surface area contributed by atoms with E-state index in [9.17, 15) is 0 Å². The Morgan fingerprint density at radius 3 is 2.79 bits per heavy atom. The largest absolute Gasteiger partial charge is 0.492 e. The summed E-state index contributed by atoms with van der Waals surface area (Å²) in [5.74, 6) is 6.31. The Morgan fingerprint density at radius 1 is 1.50 bits per heavy atom. The van der Waals surface area contributed by atoms with Gasteiger partial charge in [0.2, 0.25) is 0 Å². The van der Waals surface area contributed by atoms with Gasteiger partial charge in [-0.15, -0.1) is 0 Å². The van der Waals surface area contributed by atoms with Crippen molar-refractivity contribution in [3.63, 3.8) is 0 Å². The van der Waals surface area contributed by atoms with E-state index in [0.29, 0.717) is 13.2 Å². The van der Waals surface area contributed by atoms with Gasteiger partial charge in [-0.3, -0.25) is 5.84 Å². The second-order valence-electron chi connectivity index (χ2n) is 3.24. The van der Waals surface area contributed by atoms with Gasteiger partial charge in [0.25, 0.3) is 0 Å². The van der Waals surface area contributed by atoms with Crippen LogP contribution in [0.5, 0.6) is 5.75 Å². The Bertz CT molecular complexity index is 302.